The molecule has 0 fully saturated rings. The Morgan fingerprint density at radius 1 is 0.974 bits per heavy atom. The van der Waals surface area contributed by atoms with Crippen LogP contribution in [0.1, 0.15) is 102 Å². The molecule has 2 N–H and O–H groups in total. The number of hydrogen-bond donors (Lipinski definition) is 2. The van der Waals surface area contributed by atoms with E-state index in [0.29, 0.717) is 18.8 Å². The predicted octanol–water partition coefficient (Wildman–Crippen LogP) is 8.69. The minimum Gasteiger partial charge on any atom is -0.353 e. The van der Waals surface area contributed by atoms with E-state index in [0.717, 1.165) is 49.9 Å². The Kier molecular flexibility index (Phi) is 14.1. The monoisotopic (exact) mass is 563 g/mol. The summed E-state index contributed by atoms with van der Waals surface area (Å²) in [5.41, 5.74) is 1.87. The maximum absolute atomic E-state index is 12.9. The Bertz CT molecular complexity index is 951. The molecule has 1 rings (SSSR count). The van der Waals surface area contributed by atoms with E-state index in [9.17, 15) is 31.1 Å². The number of rotatable bonds is 13. The lowest BCUT2D eigenvalue weighted by Crippen LogP contribution is -2.46. The van der Waals surface area contributed by atoms with Gasteiger partial charge in [0.25, 0.3) is 5.91 Å². The highest BCUT2D eigenvalue weighted by atomic mass is 19.4. The van der Waals surface area contributed by atoms with Crippen molar-refractivity contribution in [2.24, 2.45) is 16.8 Å². The van der Waals surface area contributed by atoms with Gasteiger partial charge in [0.1, 0.15) is 0 Å². The summed E-state index contributed by atoms with van der Waals surface area (Å²) in [6, 6.07) is 3.42. The van der Waals surface area contributed by atoms with Crippen molar-refractivity contribution in [1.82, 2.24) is 10.6 Å². The molecule has 0 radical (unpaired) electrons. The van der Waals surface area contributed by atoms with Crippen LogP contribution >= 0.6 is 0 Å². The van der Waals surface area contributed by atoms with Gasteiger partial charge in [-0.3, -0.25) is 15.1 Å². The second-order valence-electron chi connectivity index (χ2n) is 10.0. The molecule has 1 amide bonds. The van der Waals surface area contributed by atoms with Gasteiger partial charge in [0.05, 0.1) is 18.5 Å². The molecular formula is C29H43F6N3O. The normalized spacial score (nSPS) is 15.8. The molecule has 3 atom stereocenters. The van der Waals surface area contributed by atoms with Crippen LogP contribution in [0.25, 0.3) is 0 Å². The minimum absolute atomic E-state index is 0.0647. The fourth-order valence-electron chi connectivity index (χ4n) is 4.74. The highest BCUT2D eigenvalue weighted by Gasteiger charge is 2.30. The molecule has 39 heavy (non-hydrogen) atoms. The van der Waals surface area contributed by atoms with Crippen LogP contribution in [0, 0.1) is 11.8 Å². The van der Waals surface area contributed by atoms with E-state index in [4.69, 9.17) is 0 Å². The number of halogens is 6. The van der Waals surface area contributed by atoms with Crippen LogP contribution in [0.15, 0.2) is 40.4 Å². The van der Waals surface area contributed by atoms with Crippen LogP contribution in [-0.4, -0.2) is 30.6 Å². The second-order valence-corrected chi connectivity index (χ2v) is 10.0. The average Bonchev–Trinajstić information content (AvgIpc) is 2.86. The first-order chi connectivity index (χ1) is 18.2. The van der Waals surface area contributed by atoms with Crippen LogP contribution in [0.3, 0.4) is 0 Å². The standard InChI is InChI=1S/C29H43F6N3O/c1-7-11-25(19(5)8-2)24(10-4)20(6)18-23(9-3)37-27(36-17-16-28(30,31)32)38-26(39)21-12-14-22(15-13-21)29(33,34)35/h12-15,20,23-24H,7-11,16-18H2,1-6H3,(H2,36,37,38,39). The van der Waals surface area contributed by atoms with Gasteiger partial charge in [0, 0.05) is 11.6 Å². The zero-order valence-corrected chi connectivity index (χ0v) is 23.8. The van der Waals surface area contributed by atoms with Gasteiger partial charge in [-0.05, 0) is 75.1 Å². The molecule has 1 aromatic rings. The van der Waals surface area contributed by atoms with Gasteiger partial charge in [0.2, 0.25) is 0 Å². The number of aliphatic imine (C=N–C) groups is 1. The summed E-state index contributed by atoms with van der Waals surface area (Å²) >= 11 is 0. The second kappa shape index (κ2) is 15.9. The molecule has 0 aromatic heterocycles. The number of allylic oxidation sites excluding steroid dienone is 2. The van der Waals surface area contributed by atoms with Gasteiger partial charge in [-0.2, -0.15) is 26.3 Å². The lowest BCUT2D eigenvalue weighted by molar-refractivity contribution is -0.137. The molecule has 10 heteroatoms. The van der Waals surface area contributed by atoms with E-state index < -0.39 is 36.8 Å². The number of alkyl halides is 6. The molecule has 0 saturated heterocycles. The first-order valence-corrected chi connectivity index (χ1v) is 13.7. The number of nitrogens with one attached hydrogen (secondary N) is 2. The summed E-state index contributed by atoms with van der Waals surface area (Å²) in [6.45, 7) is 12.1. The molecule has 0 saturated carbocycles. The van der Waals surface area contributed by atoms with Crippen molar-refractivity contribution < 1.29 is 31.1 Å². The molecule has 0 spiro atoms. The van der Waals surface area contributed by atoms with Crippen LogP contribution in [0.4, 0.5) is 26.3 Å². The third kappa shape index (κ3) is 12.0. The predicted molar refractivity (Wildman–Crippen MR) is 145 cm³/mol. The molecule has 0 bridgehead atoms. The third-order valence-electron chi connectivity index (χ3n) is 7.03. The summed E-state index contributed by atoms with van der Waals surface area (Å²) < 4.78 is 76.9. The zero-order chi connectivity index (χ0) is 29.8. The van der Waals surface area contributed by atoms with Crippen LogP contribution in [0.2, 0.25) is 0 Å². The number of nitrogens with zero attached hydrogens (tertiary/aromatic N) is 1. The van der Waals surface area contributed by atoms with Gasteiger partial charge >= 0.3 is 12.4 Å². The van der Waals surface area contributed by atoms with Gasteiger partial charge in [0.15, 0.2) is 5.96 Å². The summed E-state index contributed by atoms with van der Waals surface area (Å²) in [7, 11) is 0. The van der Waals surface area contributed by atoms with E-state index in [1.165, 1.54) is 11.1 Å². The molecule has 222 valence electrons. The first-order valence-electron chi connectivity index (χ1n) is 13.7. The van der Waals surface area contributed by atoms with E-state index >= 15 is 0 Å². The van der Waals surface area contributed by atoms with E-state index in [-0.39, 0.29) is 23.5 Å². The van der Waals surface area contributed by atoms with Gasteiger partial charge < -0.3 is 5.32 Å². The van der Waals surface area contributed by atoms with Crippen molar-refractivity contribution in [3.8, 4) is 0 Å². The van der Waals surface area contributed by atoms with E-state index in [1.807, 2.05) is 6.92 Å². The molecule has 1 aromatic carbocycles. The number of amides is 1. The quantitative estimate of drug-likeness (QED) is 0.109. The van der Waals surface area contributed by atoms with Crippen molar-refractivity contribution >= 4 is 11.9 Å². The van der Waals surface area contributed by atoms with Crippen LogP contribution < -0.4 is 10.6 Å². The summed E-state index contributed by atoms with van der Waals surface area (Å²) in [6.07, 6.45) is -4.82. The average molecular weight is 564 g/mol. The summed E-state index contributed by atoms with van der Waals surface area (Å²) in [5, 5.41) is 5.58. The fraction of sp³-hybridized carbons (Fsp3) is 0.655. The van der Waals surface area contributed by atoms with E-state index in [1.54, 1.807) is 0 Å². The van der Waals surface area contributed by atoms with E-state index in [2.05, 4.69) is 50.2 Å². The molecular weight excluding hydrogens is 520 g/mol. The first kappa shape index (κ1) is 34.5. The molecule has 4 nitrogen and oxygen atoms in total. The maximum Gasteiger partial charge on any atom is 0.416 e. The lowest BCUT2D eigenvalue weighted by Gasteiger charge is -2.31. The molecule has 0 aliphatic carbocycles. The zero-order valence-electron chi connectivity index (χ0n) is 23.8. The summed E-state index contributed by atoms with van der Waals surface area (Å²) in [4.78, 5) is 16.7. The Hall–Kier alpha value is -2.52. The Balaban J connectivity index is 3.13. The topological polar surface area (TPSA) is 53.5 Å². The fourth-order valence-corrected chi connectivity index (χ4v) is 4.74. The van der Waals surface area contributed by atoms with Crippen LogP contribution in [0.5, 0.6) is 0 Å². The van der Waals surface area contributed by atoms with Crippen molar-refractivity contribution in [3.05, 3.63) is 46.5 Å². The number of benzene rings is 1. The SMILES string of the molecule is CCCC(=C(C)CC)C(CC)C(C)CC(CC)NC(=NCCC(F)(F)F)NC(=O)c1ccc(C(F)(F)F)cc1. The largest absolute Gasteiger partial charge is 0.416 e. The van der Waals surface area contributed by atoms with Gasteiger partial charge in [-0.25, -0.2) is 0 Å². The van der Waals surface area contributed by atoms with Gasteiger partial charge in [-0.15, -0.1) is 0 Å². The van der Waals surface area contributed by atoms with Gasteiger partial charge in [-0.1, -0.05) is 52.2 Å². The minimum atomic E-state index is -4.55. The Morgan fingerprint density at radius 2 is 1.59 bits per heavy atom. The highest BCUT2D eigenvalue weighted by molar-refractivity contribution is 6.05. The third-order valence-corrected chi connectivity index (χ3v) is 7.03. The Labute approximate surface area is 228 Å². The Morgan fingerprint density at radius 3 is 2.05 bits per heavy atom. The molecule has 0 aliphatic heterocycles. The van der Waals surface area contributed by atoms with Crippen molar-refractivity contribution in [3.63, 3.8) is 0 Å². The number of carbonyl (C=O) groups is 1. The smallest absolute Gasteiger partial charge is 0.353 e. The lowest BCUT2D eigenvalue weighted by atomic mass is 9.77. The molecule has 0 heterocycles. The highest BCUT2D eigenvalue weighted by Crippen LogP contribution is 2.34. The maximum atomic E-state index is 12.9. The van der Waals surface area contributed by atoms with Crippen molar-refractivity contribution in [2.75, 3.05) is 6.54 Å². The summed E-state index contributed by atoms with van der Waals surface area (Å²) in [5.74, 6) is -0.265. The number of hydrogen-bond acceptors (Lipinski definition) is 2. The number of guanidine groups is 1. The number of carbonyl (C=O) groups excluding carboxylic acids is 1. The van der Waals surface area contributed by atoms with Crippen molar-refractivity contribution in [2.45, 2.75) is 105 Å². The molecule has 0 aliphatic rings. The van der Waals surface area contributed by atoms with Crippen LogP contribution in [-0.2, 0) is 6.18 Å². The van der Waals surface area contributed by atoms with Crippen molar-refractivity contribution in [1.29, 1.82) is 0 Å². The molecule has 3 unspecified atom stereocenters.